The maximum atomic E-state index is 12.5. The fourth-order valence-corrected chi connectivity index (χ4v) is 2.52. The van der Waals surface area contributed by atoms with Crippen LogP contribution in [0.1, 0.15) is 39.5 Å². The molecule has 1 atom stereocenters. The first-order chi connectivity index (χ1) is 12.5. The van der Waals surface area contributed by atoms with Crippen LogP contribution in [0.5, 0.6) is 11.5 Å². The molecule has 1 rings (SSSR count). The van der Waals surface area contributed by atoms with Crippen molar-refractivity contribution in [2.75, 3.05) is 33.9 Å². The minimum atomic E-state index is -0.323. The minimum Gasteiger partial charge on any atom is -0.497 e. The number of nitrogens with zero attached hydrogens (tertiary/aromatic N) is 1. The number of amides is 1. The molecule has 0 saturated carbocycles. The minimum absolute atomic E-state index is 0.0486. The molecule has 146 valence electrons. The monoisotopic (exact) mass is 365 g/mol. The topological polar surface area (TPSA) is 65.1 Å². The lowest BCUT2D eigenvalue weighted by Crippen LogP contribution is -2.38. The van der Waals surface area contributed by atoms with Crippen LogP contribution in [-0.4, -0.2) is 50.7 Å². The highest BCUT2D eigenvalue weighted by atomic mass is 16.5. The third-order valence-corrected chi connectivity index (χ3v) is 4.10. The molecule has 1 aromatic carbocycles. The molecule has 1 aromatic rings. The number of methoxy groups -OCH3 is 2. The van der Waals surface area contributed by atoms with E-state index < -0.39 is 0 Å². The van der Waals surface area contributed by atoms with E-state index in [2.05, 4.69) is 6.92 Å². The molecule has 0 saturated heterocycles. The van der Waals surface area contributed by atoms with Crippen molar-refractivity contribution in [1.82, 2.24) is 4.90 Å². The number of hydrogen-bond donors (Lipinski definition) is 0. The van der Waals surface area contributed by atoms with Crippen molar-refractivity contribution in [3.05, 3.63) is 24.3 Å². The molecular weight excluding hydrogens is 334 g/mol. The Morgan fingerprint density at radius 3 is 2.31 bits per heavy atom. The van der Waals surface area contributed by atoms with E-state index in [4.69, 9.17) is 14.2 Å². The highest BCUT2D eigenvalue weighted by Crippen LogP contribution is 2.17. The normalized spacial score (nSPS) is 11.5. The quantitative estimate of drug-likeness (QED) is 0.420. The molecule has 0 aliphatic carbocycles. The van der Waals surface area contributed by atoms with Gasteiger partial charge in [-0.15, -0.1) is 0 Å². The van der Waals surface area contributed by atoms with Crippen molar-refractivity contribution in [3.8, 4) is 11.5 Å². The molecule has 0 aliphatic rings. The number of carbonyl (C=O) groups excluding carboxylic acids is 2. The Morgan fingerprint density at radius 1 is 1.08 bits per heavy atom. The molecule has 0 bridgehead atoms. The van der Waals surface area contributed by atoms with Crippen molar-refractivity contribution < 1.29 is 23.8 Å². The average Bonchev–Trinajstić information content (AvgIpc) is 2.67. The lowest BCUT2D eigenvalue weighted by molar-refractivity contribution is -0.146. The van der Waals surface area contributed by atoms with E-state index in [1.807, 2.05) is 24.3 Å². The Kier molecular flexibility index (Phi) is 10.2. The first-order valence-corrected chi connectivity index (χ1v) is 9.14. The molecule has 0 heterocycles. The van der Waals surface area contributed by atoms with Crippen molar-refractivity contribution in [2.45, 2.75) is 39.5 Å². The van der Waals surface area contributed by atoms with Gasteiger partial charge >= 0.3 is 5.97 Å². The number of ether oxygens (including phenoxy) is 3. The molecule has 26 heavy (non-hydrogen) atoms. The Hall–Kier alpha value is -2.24. The predicted molar refractivity (Wildman–Crippen MR) is 100 cm³/mol. The fourth-order valence-electron chi connectivity index (χ4n) is 2.52. The van der Waals surface area contributed by atoms with Crippen molar-refractivity contribution in [3.63, 3.8) is 0 Å². The first kappa shape index (κ1) is 21.8. The Bertz CT molecular complexity index is 544. The van der Waals surface area contributed by atoms with Crippen LogP contribution in [0, 0.1) is 5.92 Å². The number of unbranched alkanes of at least 4 members (excludes halogenated alkanes) is 1. The average molecular weight is 365 g/mol. The summed E-state index contributed by atoms with van der Waals surface area (Å²) in [6, 6.07) is 7.35. The smallest absolute Gasteiger partial charge is 0.310 e. The largest absolute Gasteiger partial charge is 0.497 e. The third-order valence-electron chi connectivity index (χ3n) is 4.10. The Balaban J connectivity index is 2.42. The van der Waals surface area contributed by atoms with Crippen LogP contribution < -0.4 is 9.47 Å². The zero-order chi connectivity index (χ0) is 19.4. The maximum absolute atomic E-state index is 12.5. The van der Waals surface area contributed by atoms with Crippen LogP contribution in [0.4, 0.5) is 0 Å². The van der Waals surface area contributed by atoms with Gasteiger partial charge in [0.15, 0.2) is 0 Å². The van der Waals surface area contributed by atoms with E-state index in [9.17, 15) is 9.59 Å². The second kappa shape index (κ2) is 12.2. The summed E-state index contributed by atoms with van der Waals surface area (Å²) >= 11 is 0. The summed E-state index contributed by atoms with van der Waals surface area (Å²) in [5, 5.41) is 0. The summed E-state index contributed by atoms with van der Waals surface area (Å²) in [6.07, 6.45) is 2.94. The molecule has 0 N–H and O–H groups in total. The van der Waals surface area contributed by atoms with Gasteiger partial charge in [-0.3, -0.25) is 9.59 Å². The Morgan fingerprint density at radius 2 is 1.73 bits per heavy atom. The van der Waals surface area contributed by atoms with Gasteiger partial charge in [-0.2, -0.15) is 0 Å². The van der Waals surface area contributed by atoms with Crippen molar-refractivity contribution in [1.29, 1.82) is 0 Å². The summed E-state index contributed by atoms with van der Waals surface area (Å²) in [4.78, 5) is 25.9. The van der Waals surface area contributed by atoms with Gasteiger partial charge in [-0.1, -0.05) is 20.3 Å². The second-order valence-electron chi connectivity index (χ2n) is 6.25. The predicted octanol–water partition coefficient (Wildman–Crippen LogP) is 3.29. The van der Waals surface area contributed by atoms with E-state index in [1.165, 1.54) is 7.11 Å². The van der Waals surface area contributed by atoms with Gasteiger partial charge in [0.05, 0.1) is 26.7 Å². The SMILES string of the molecule is CCCCN(CC(C)C(=O)OC)C(=O)CCCOc1ccc(OC)cc1. The number of carbonyl (C=O) groups is 2. The van der Waals surface area contributed by atoms with Gasteiger partial charge in [-0.05, 0) is 37.1 Å². The number of hydrogen-bond acceptors (Lipinski definition) is 5. The van der Waals surface area contributed by atoms with Gasteiger partial charge < -0.3 is 19.1 Å². The lowest BCUT2D eigenvalue weighted by Gasteiger charge is -2.25. The number of rotatable bonds is 12. The van der Waals surface area contributed by atoms with Crippen LogP contribution in [0.3, 0.4) is 0 Å². The van der Waals surface area contributed by atoms with Gasteiger partial charge in [0.25, 0.3) is 0 Å². The van der Waals surface area contributed by atoms with Gasteiger partial charge in [-0.25, -0.2) is 0 Å². The summed E-state index contributed by atoms with van der Waals surface area (Å²) in [5.41, 5.74) is 0. The van der Waals surface area contributed by atoms with E-state index in [1.54, 1.807) is 18.9 Å². The standard InChI is InChI=1S/C20H31NO5/c1-5-6-13-21(15-16(2)20(23)25-4)19(22)8-7-14-26-18-11-9-17(24-3)10-12-18/h9-12,16H,5-8,13-15H2,1-4H3. The van der Waals surface area contributed by atoms with E-state index in [-0.39, 0.29) is 17.8 Å². The molecular formula is C20H31NO5. The van der Waals surface area contributed by atoms with Crippen LogP contribution in [0.2, 0.25) is 0 Å². The lowest BCUT2D eigenvalue weighted by atomic mass is 10.1. The molecule has 0 radical (unpaired) electrons. The zero-order valence-electron chi connectivity index (χ0n) is 16.3. The molecule has 6 heteroatoms. The van der Waals surface area contributed by atoms with Crippen molar-refractivity contribution in [2.24, 2.45) is 5.92 Å². The molecule has 0 aromatic heterocycles. The molecule has 6 nitrogen and oxygen atoms in total. The number of benzene rings is 1. The van der Waals surface area contributed by atoms with E-state index in [0.717, 1.165) is 24.3 Å². The van der Waals surface area contributed by atoms with Crippen LogP contribution in [-0.2, 0) is 14.3 Å². The third kappa shape index (κ3) is 7.76. The van der Waals surface area contributed by atoms with E-state index >= 15 is 0 Å². The van der Waals surface area contributed by atoms with Gasteiger partial charge in [0.1, 0.15) is 11.5 Å². The van der Waals surface area contributed by atoms with Crippen LogP contribution in [0.25, 0.3) is 0 Å². The highest BCUT2D eigenvalue weighted by Gasteiger charge is 2.20. The highest BCUT2D eigenvalue weighted by molar-refractivity contribution is 5.78. The summed E-state index contributed by atoms with van der Waals surface area (Å²) in [5.74, 6) is 0.963. The number of esters is 1. The molecule has 1 unspecified atom stereocenters. The molecule has 1 amide bonds. The second-order valence-corrected chi connectivity index (χ2v) is 6.25. The summed E-state index contributed by atoms with van der Waals surface area (Å²) in [6.45, 7) is 5.38. The first-order valence-electron chi connectivity index (χ1n) is 9.14. The summed E-state index contributed by atoms with van der Waals surface area (Å²) in [7, 11) is 2.99. The molecule has 0 spiro atoms. The molecule has 0 fully saturated rings. The van der Waals surface area contributed by atoms with Gasteiger partial charge in [0, 0.05) is 19.5 Å². The fraction of sp³-hybridized carbons (Fsp3) is 0.600. The van der Waals surface area contributed by atoms with E-state index in [0.29, 0.717) is 32.5 Å². The molecule has 0 aliphatic heterocycles. The maximum Gasteiger partial charge on any atom is 0.310 e. The van der Waals surface area contributed by atoms with Crippen LogP contribution in [0.15, 0.2) is 24.3 Å². The van der Waals surface area contributed by atoms with Crippen molar-refractivity contribution >= 4 is 11.9 Å². The van der Waals surface area contributed by atoms with Crippen LogP contribution >= 0.6 is 0 Å². The zero-order valence-corrected chi connectivity index (χ0v) is 16.3. The summed E-state index contributed by atoms with van der Waals surface area (Å²) < 4.78 is 15.5. The Labute approximate surface area is 156 Å². The van der Waals surface area contributed by atoms with Gasteiger partial charge in [0.2, 0.25) is 5.91 Å².